The van der Waals surface area contributed by atoms with Crippen LogP contribution in [0.15, 0.2) is 53.4 Å². The fourth-order valence-electron chi connectivity index (χ4n) is 3.02. The van der Waals surface area contributed by atoms with Crippen molar-refractivity contribution in [1.29, 1.82) is 5.26 Å². The predicted octanol–water partition coefficient (Wildman–Crippen LogP) is 4.17. The van der Waals surface area contributed by atoms with Gasteiger partial charge in [-0.3, -0.25) is 0 Å². The molecule has 1 heterocycles. The van der Waals surface area contributed by atoms with E-state index in [0.29, 0.717) is 10.4 Å². The van der Waals surface area contributed by atoms with Gasteiger partial charge in [0.25, 0.3) is 0 Å². The first-order valence-corrected chi connectivity index (χ1v) is 10.4. The van der Waals surface area contributed by atoms with Crippen molar-refractivity contribution in [2.45, 2.75) is 17.6 Å². The molecule has 0 atom stereocenters. The largest absolute Gasteiger partial charge is 0.497 e. The summed E-state index contributed by atoms with van der Waals surface area (Å²) in [4.78, 5) is 0.0322. The van der Waals surface area contributed by atoms with E-state index in [1.54, 1.807) is 6.07 Å². The van der Waals surface area contributed by atoms with E-state index in [2.05, 4.69) is 5.10 Å². The zero-order valence-electron chi connectivity index (χ0n) is 15.9. The lowest BCUT2D eigenvalue weighted by atomic mass is 9.98. The van der Waals surface area contributed by atoms with E-state index < -0.39 is 28.3 Å². The van der Waals surface area contributed by atoms with Crippen molar-refractivity contribution >= 4 is 9.84 Å². The molecule has 0 spiro atoms. The fraction of sp³-hybridized carbons (Fsp3) is 0.200. The highest BCUT2D eigenvalue weighted by atomic mass is 32.2. The minimum atomic E-state index is -4.77. The molecule has 0 saturated heterocycles. The lowest BCUT2D eigenvalue weighted by Gasteiger charge is -2.12. The van der Waals surface area contributed by atoms with Crippen molar-refractivity contribution in [2.75, 3.05) is 13.4 Å². The van der Waals surface area contributed by atoms with Gasteiger partial charge in [0.15, 0.2) is 15.5 Å². The van der Waals surface area contributed by atoms with Crippen LogP contribution in [0.2, 0.25) is 0 Å². The molecule has 0 bridgehead atoms. The minimum Gasteiger partial charge on any atom is -0.497 e. The molecular formula is C20H16F3N3O3S. The Hall–Kier alpha value is -3.32. The quantitative estimate of drug-likeness (QED) is 0.601. The van der Waals surface area contributed by atoms with E-state index in [-0.39, 0.29) is 27.3 Å². The molecule has 0 radical (unpaired) electrons. The van der Waals surface area contributed by atoms with Crippen LogP contribution < -0.4 is 4.74 Å². The number of methoxy groups -OCH3 is 1. The molecule has 0 aliphatic rings. The van der Waals surface area contributed by atoms with Crippen LogP contribution >= 0.6 is 0 Å². The van der Waals surface area contributed by atoms with E-state index in [1.165, 1.54) is 55.6 Å². The maximum atomic E-state index is 13.9. The Labute approximate surface area is 171 Å². The Kier molecular flexibility index (Phi) is 5.59. The molecule has 0 aliphatic carbocycles. The number of nitriles is 1. The van der Waals surface area contributed by atoms with Crippen molar-refractivity contribution < 1.29 is 26.3 Å². The Morgan fingerprint density at radius 1 is 1.07 bits per heavy atom. The van der Waals surface area contributed by atoms with Gasteiger partial charge in [-0.15, -0.1) is 0 Å². The first-order valence-electron chi connectivity index (χ1n) is 8.56. The van der Waals surface area contributed by atoms with Crippen LogP contribution in [0, 0.1) is 11.3 Å². The molecule has 3 rings (SSSR count). The van der Waals surface area contributed by atoms with Gasteiger partial charge in [0.2, 0.25) is 0 Å². The number of alkyl halides is 3. The maximum Gasteiger partial charge on any atom is 0.433 e. The molecule has 6 nitrogen and oxygen atoms in total. The SMILES string of the molecule is COc1ccc(-c2c(-c3ccc(S(C)(=O)=O)cc3)nn(CC#N)c2C(F)(F)F)cc1. The normalized spacial score (nSPS) is 11.9. The van der Waals surface area contributed by atoms with E-state index in [0.717, 1.165) is 6.26 Å². The smallest absolute Gasteiger partial charge is 0.433 e. The molecule has 0 saturated carbocycles. The third-order valence-electron chi connectivity index (χ3n) is 4.38. The summed E-state index contributed by atoms with van der Waals surface area (Å²) in [7, 11) is -2.03. The Morgan fingerprint density at radius 2 is 1.63 bits per heavy atom. The number of benzene rings is 2. The number of hydrogen-bond donors (Lipinski definition) is 0. The van der Waals surface area contributed by atoms with Gasteiger partial charge in [0.05, 0.1) is 18.1 Å². The Bertz CT molecular complexity index is 1210. The zero-order valence-corrected chi connectivity index (χ0v) is 16.8. The third-order valence-corrected chi connectivity index (χ3v) is 5.50. The van der Waals surface area contributed by atoms with Gasteiger partial charge in [-0.2, -0.15) is 23.5 Å². The van der Waals surface area contributed by atoms with E-state index >= 15 is 0 Å². The van der Waals surface area contributed by atoms with Gasteiger partial charge >= 0.3 is 6.18 Å². The monoisotopic (exact) mass is 435 g/mol. The van der Waals surface area contributed by atoms with E-state index in [9.17, 15) is 21.6 Å². The van der Waals surface area contributed by atoms with Crippen molar-refractivity contribution in [1.82, 2.24) is 9.78 Å². The number of aromatic nitrogens is 2. The van der Waals surface area contributed by atoms with Gasteiger partial charge in [-0.25, -0.2) is 13.1 Å². The summed E-state index contributed by atoms with van der Waals surface area (Å²) in [5, 5.41) is 13.0. The third kappa shape index (κ3) is 4.16. The number of hydrogen-bond acceptors (Lipinski definition) is 5. The van der Waals surface area contributed by atoms with Crippen LogP contribution in [0.4, 0.5) is 13.2 Å². The molecule has 0 unspecified atom stereocenters. The molecule has 0 N–H and O–H groups in total. The van der Waals surface area contributed by atoms with Crippen molar-refractivity contribution in [2.24, 2.45) is 0 Å². The molecule has 2 aromatic carbocycles. The second-order valence-electron chi connectivity index (χ2n) is 6.41. The summed E-state index contributed by atoms with van der Waals surface area (Å²) in [5.41, 5.74) is -0.753. The maximum absolute atomic E-state index is 13.9. The summed E-state index contributed by atoms with van der Waals surface area (Å²) in [5.74, 6) is 0.468. The first kappa shape index (κ1) is 21.4. The highest BCUT2D eigenvalue weighted by Crippen LogP contribution is 2.43. The second kappa shape index (κ2) is 7.84. The molecule has 0 aliphatic heterocycles. The zero-order chi connectivity index (χ0) is 22.1. The number of nitrogens with zero attached hydrogens (tertiary/aromatic N) is 3. The molecule has 156 valence electrons. The minimum absolute atomic E-state index is 0.0113. The van der Waals surface area contributed by atoms with E-state index in [1.807, 2.05) is 0 Å². The fourth-order valence-corrected chi connectivity index (χ4v) is 3.66. The number of sulfone groups is 1. The summed E-state index contributed by atoms with van der Waals surface area (Å²) in [6.07, 6.45) is -3.74. The summed E-state index contributed by atoms with van der Waals surface area (Å²) in [6.45, 7) is -0.598. The Morgan fingerprint density at radius 3 is 2.10 bits per heavy atom. The van der Waals surface area contributed by atoms with Crippen molar-refractivity contribution in [3.05, 3.63) is 54.2 Å². The summed E-state index contributed by atoms with van der Waals surface area (Å²) < 4.78 is 70.9. The standard InChI is InChI=1S/C20H16F3N3O3S/c1-29-15-7-3-13(4-8-15)17-18(14-5-9-16(10-6-14)30(2,27)28)25-26(12-11-24)19(17)20(21,22)23/h3-10H,12H2,1-2H3. The molecule has 0 fully saturated rings. The molecule has 30 heavy (non-hydrogen) atoms. The predicted molar refractivity (Wildman–Crippen MR) is 103 cm³/mol. The van der Waals surface area contributed by atoms with Crippen molar-refractivity contribution in [3.8, 4) is 34.2 Å². The number of rotatable bonds is 5. The Balaban J connectivity index is 2.30. The first-order chi connectivity index (χ1) is 14.1. The van der Waals surface area contributed by atoms with Crippen LogP contribution in [0.3, 0.4) is 0 Å². The van der Waals surface area contributed by atoms with E-state index in [4.69, 9.17) is 10.00 Å². The second-order valence-corrected chi connectivity index (χ2v) is 8.43. The van der Waals surface area contributed by atoms with Crippen LogP contribution in [0.5, 0.6) is 5.75 Å². The average molecular weight is 435 g/mol. The lowest BCUT2D eigenvalue weighted by Crippen LogP contribution is -2.15. The highest BCUT2D eigenvalue weighted by molar-refractivity contribution is 7.90. The molecular weight excluding hydrogens is 419 g/mol. The topological polar surface area (TPSA) is 85.0 Å². The van der Waals surface area contributed by atoms with Gasteiger partial charge in [-0.05, 0) is 29.8 Å². The average Bonchev–Trinajstić information content (AvgIpc) is 3.07. The lowest BCUT2D eigenvalue weighted by molar-refractivity contribution is -0.143. The van der Waals surface area contributed by atoms with Crippen LogP contribution in [-0.4, -0.2) is 31.6 Å². The van der Waals surface area contributed by atoms with Gasteiger partial charge < -0.3 is 4.74 Å². The van der Waals surface area contributed by atoms with Crippen LogP contribution in [0.1, 0.15) is 5.69 Å². The van der Waals surface area contributed by atoms with Crippen LogP contribution in [0.25, 0.3) is 22.4 Å². The van der Waals surface area contributed by atoms with Crippen molar-refractivity contribution in [3.63, 3.8) is 0 Å². The molecule has 0 amide bonds. The molecule has 1 aromatic heterocycles. The van der Waals surface area contributed by atoms with Gasteiger partial charge in [0, 0.05) is 17.4 Å². The summed E-state index contributed by atoms with van der Waals surface area (Å²) in [6, 6.07) is 13.1. The van der Waals surface area contributed by atoms with Gasteiger partial charge in [-0.1, -0.05) is 24.3 Å². The number of halogens is 3. The molecule has 10 heteroatoms. The highest BCUT2D eigenvalue weighted by Gasteiger charge is 2.40. The number of ether oxygens (including phenoxy) is 1. The molecule has 3 aromatic rings. The van der Waals surface area contributed by atoms with Gasteiger partial charge in [0.1, 0.15) is 18.0 Å². The van der Waals surface area contributed by atoms with Crippen LogP contribution in [-0.2, 0) is 22.6 Å². The summed E-state index contributed by atoms with van der Waals surface area (Å²) >= 11 is 0.